The second kappa shape index (κ2) is 8.92. The molecular formula is C21H28FN5O2. The van der Waals surface area contributed by atoms with Crippen molar-refractivity contribution < 1.29 is 13.9 Å². The van der Waals surface area contributed by atoms with E-state index >= 15 is 0 Å². The lowest BCUT2D eigenvalue weighted by atomic mass is 10.2. The van der Waals surface area contributed by atoms with Crippen LogP contribution in [-0.2, 0) is 11.3 Å². The average Bonchev–Trinajstić information content (AvgIpc) is 3.22. The van der Waals surface area contributed by atoms with Gasteiger partial charge in [-0.25, -0.2) is 9.37 Å². The van der Waals surface area contributed by atoms with E-state index in [2.05, 4.69) is 26.7 Å². The molecule has 0 N–H and O–H groups in total. The minimum atomic E-state index is -0.311. The summed E-state index contributed by atoms with van der Waals surface area (Å²) in [4.78, 5) is 16.0. The number of hydrogen-bond acceptors (Lipinski definition) is 7. The van der Waals surface area contributed by atoms with Crippen LogP contribution in [0, 0.1) is 5.82 Å². The molecule has 3 heterocycles. The summed E-state index contributed by atoms with van der Waals surface area (Å²) in [6, 6.07) is 7.52. The molecule has 1 aromatic carbocycles. The van der Waals surface area contributed by atoms with E-state index in [-0.39, 0.29) is 11.6 Å². The third-order valence-electron chi connectivity index (χ3n) is 5.70. The molecule has 156 valence electrons. The summed E-state index contributed by atoms with van der Waals surface area (Å²) >= 11 is 0. The molecule has 0 aliphatic carbocycles. The number of ether oxygens (including phenoxy) is 2. The minimum absolute atomic E-state index is 0.285. The van der Waals surface area contributed by atoms with Crippen molar-refractivity contribution in [3.8, 4) is 5.75 Å². The lowest BCUT2D eigenvalue weighted by molar-refractivity contribution is 0.122. The Labute approximate surface area is 171 Å². The predicted molar refractivity (Wildman–Crippen MR) is 110 cm³/mol. The SMILES string of the molecule is COc1ccc(CN2CCC(N(C)c3ccnc(N4CCOCC4)n3)C2)cc1F. The molecule has 0 saturated carbocycles. The van der Waals surface area contributed by atoms with Gasteiger partial charge in [-0.2, -0.15) is 4.98 Å². The van der Waals surface area contributed by atoms with Crippen LogP contribution in [0.5, 0.6) is 5.75 Å². The molecule has 1 aromatic heterocycles. The molecule has 0 radical (unpaired) electrons. The van der Waals surface area contributed by atoms with Crippen molar-refractivity contribution in [2.45, 2.75) is 19.0 Å². The minimum Gasteiger partial charge on any atom is -0.494 e. The second-order valence-corrected chi connectivity index (χ2v) is 7.57. The average molecular weight is 401 g/mol. The highest BCUT2D eigenvalue weighted by molar-refractivity contribution is 5.44. The molecule has 0 bridgehead atoms. The maximum absolute atomic E-state index is 14.0. The van der Waals surface area contributed by atoms with Gasteiger partial charge in [0.15, 0.2) is 11.6 Å². The van der Waals surface area contributed by atoms with Crippen molar-refractivity contribution in [2.24, 2.45) is 0 Å². The van der Waals surface area contributed by atoms with Crippen LogP contribution in [0.3, 0.4) is 0 Å². The maximum Gasteiger partial charge on any atom is 0.227 e. The van der Waals surface area contributed by atoms with Gasteiger partial charge in [-0.15, -0.1) is 0 Å². The molecule has 0 spiro atoms. The van der Waals surface area contributed by atoms with E-state index in [0.29, 0.717) is 19.3 Å². The molecule has 2 saturated heterocycles. The lowest BCUT2D eigenvalue weighted by Gasteiger charge is -2.29. The van der Waals surface area contributed by atoms with Crippen LogP contribution in [0.4, 0.5) is 16.2 Å². The summed E-state index contributed by atoms with van der Waals surface area (Å²) in [5.74, 6) is 1.67. The number of halogens is 1. The van der Waals surface area contributed by atoms with Gasteiger partial charge in [-0.1, -0.05) is 6.07 Å². The number of likely N-dealkylation sites (tertiary alicyclic amines) is 1. The summed E-state index contributed by atoms with van der Waals surface area (Å²) in [7, 11) is 3.57. The molecule has 1 unspecified atom stereocenters. The Hall–Kier alpha value is -2.45. The third-order valence-corrected chi connectivity index (χ3v) is 5.70. The Kier molecular flexibility index (Phi) is 6.10. The zero-order valence-electron chi connectivity index (χ0n) is 17.1. The van der Waals surface area contributed by atoms with E-state index in [1.165, 1.54) is 7.11 Å². The second-order valence-electron chi connectivity index (χ2n) is 7.57. The first-order chi connectivity index (χ1) is 14.1. The Balaban J connectivity index is 1.38. The number of hydrogen-bond donors (Lipinski definition) is 0. The molecular weight excluding hydrogens is 373 g/mol. The predicted octanol–water partition coefficient (Wildman–Crippen LogP) is 2.17. The van der Waals surface area contributed by atoms with Gasteiger partial charge in [0.1, 0.15) is 5.82 Å². The molecule has 2 fully saturated rings. The summed E-state index contributed by atoms with van der Waals surface area (Å²) in [6.45, 7) is 5.70. The molecule has 4 rings (SSSR count). The monoisotopic (exact) mass is 401 g/mol. The number of benzene rings is 1. The first kappa shape index (κ1) is 19.8. The van der Waals surface area contributed by atoms with Crippen LogP contribution in [0.2, 0.25) is 0 Å². The van der Waals surface area contributed by atoms with Gasteiger partial charge in [-0.05, 0) is 30.2 Å². The topological polar surface area (TPSA) is 54.0 Å². The first-order valence-electron chi connectivity index (χ1n) is 10.1. The summed E-state index contributed by atoms with van der Waals surface area (Å²) in [6.07, 6.45) is 2.88. The third kappa shape index (κ3) is 4.59. The van der Waals surface area contributed by atoms with Gasteiger partial charge in [0, 0.05) is 52.0 Å². The van der Waals surface area contributed by atoms with Gasteiger partial charge in [0.05, 0.1) is 20.3 Å². The smallest absolute Gasteiger partial charge is 0.227 e. The van der Waals surface area contributed by atoms with Crippen LogP contribution in [0.15, 0.2) is 30.5 Å². The van der Waals surface area contributed by atoms with Gasteiger partial charge in [0.2, 0.25) is 5.95 Å². The standard InChI is InChI=1S/C21H28FN5O2/c1-25(20-5-7-23-21(24-20)27-9-11-29-12-10-27)17-6-8-26(15-17)14-16-3-4-19(28-2)18(22)13-16/h3-5,7,13,17H,6,8-12,14-15H2,1-2H3. The van der Waals surface area contributed by atoms with Gasteiger partial charge < -0.3 is 19.3 Å². The van der Waals surface area contributed by atoms with Crippen LogP contribution < -0.4 is 14.5 Å². The van der Waals surface area contributed by atoms with E-state index in [9.17, 15) is 4.39 Å². The molecule has 0 amide bonds. The summed E-state index contributed by atoms with van der Waals surface area (Å²) < 4.78 is 24.4. The Morgan fingerprint density at radius 1 is 1.24 bits per heavy atom. The highest BCUT2D eigenvalue weighted by Crippen LogP contribution is 2.24. The number of methoxy groups -OCH3 is 1. The summed E-state index contributed by atoms with van der Waals surface area (Å²) in [5.41, 5.74) is 0.961. The van der Waals surface area contributed by atoms with Crippen LogP contribution >= 0.6 is 0 Å². The molecule has 2 aromatic rings. The van der Waals surface area contributed by atoms with E-state index in [4.69, 9.17) is 14.5 Å². The largest absolute Gasteiger partial charge is 0.494 e. The zero-order chi connectivity index (χ0) is 20.2. The summed E-state index contributed by atoms with van der Waals surface area (Å²) in [5, 5.41) is 0. The van der Waals surface area contributed by atoms with Crippen molar-refractivity contribution >= 4 is 11.8 Å². The number of morpholine rings is 1. The first-order valence-corrected chi connectivity index (χ1v) is 10.1. The van der Waals surface area contributed by atoms with Crippen LogP contribution in [0.1, 0.15) is 12.0 Å². The van der Waals surface area contributed by atoms with Crippen molar-refractivity contribution in [1.29, 1.82) is 0 Å². The molecule has 1 atom stereocenters. The van der Waals surface area contributed by atoms with Gasteiger partial charge in [-0.3, -0.25) is 4.90 Å². The van der Waals surface area contributed by atoms with Crippen molar-refractivity contribution in [1.82, 2.24) is 14.9 Å². The molecule has 29 heavy (non-hydrogen) atoms. The number of nitrogens with zero attached hydrogens (tertiary/aromatic N) is 5. The maximum atomic E-state index is 14.0. The Morgan fingerprint density at radius 2 is 2.07 bits per heavy atom. The lowest BCUT2D eigenvalue weighted by Crippen LogP contribution is -2.38. The van der Waals surface area contributed by atoms with Crippen molar-refractivity contribution in [3.05, 3.63) is 41.8 Å². The highest BCUT2D eigenvalue weighted by atomic mass is 19.1. The van der Waals surface area contributed by atoms with Crippen LogP contribution in [0.25, 0.3) is 0 Å². The highest BCUT2D eigenvalue weighted by Gasteiger charge is 2.27. The quantitative estimate of drug-likeness (QED) is 0.735. The Morgan fingerprint density at radius 3 is 2.83 bits per heavy atom. The molecule has 8 heteroatoms. The van der Waals surface area contributed by atoms with Crippen molar-refractivity contribution in [3.63, 3.8) is 0 Å². The van der Waals surface area contributed by atoms with E-state index in [1.54, 1.807) is 12.1 Å². The van der Waals surface area contributed by atoms with E-state index in [0.717, 1.165) is 56.5 Å². The fraction of sp³-hybridized carbons (Fsp3) is 0.524. The number of likely N-dealkylation sites (N-methyl/N-ethyl adjacent to an activating group) is 1. The molecule has 2 aliphatic rings. The number of rotatable bonds is 6. The number of aromatic nitrogens is 2. The van der Waals surface area contributed by atoms with E-state index in [1.807, 2.05) is 18.3 Å². The molecule has 2 aliphatic heterocycles. The van der Waals surface area contributed by atoms with Crippen molar-refractivity contribution in [2.75, 3.05) is 63.4 Å². The Bertz CT molecular complexity index is 830. The van der Waals surface area contributed by atoms with Gasteiger partial charge in [0.25, 0.3) is 0 Å². The zero-order valence-corrected chi connectivity index (χ0v) is 17.1. The molecule has 7 nitrogen and oxygen atoms in total. The van der Waals surface area contributed by atoms with Gasteiger partial charge >= 0.3 is 0 Å². The fourth-order valence-corrected chi connectivity index (χ4v) is 3.98. The number of anilines is 2. The fourth-order valence-electron chi connectivity index (χ4n) is 3.98. The van der Waals surface area contributed by atoms with Crippen LogP contribution in [-0.4, -0.2) is 74.5 Å². The van der Waals surface area contributed by atoms with E-state index < -0.39 is 0 Å². The normalized spacial score (nSPS) is 20.1.